The third-order valence-corrected chi connectivity index (χ3v) is 3.25. The molecule has 1 fully saturated rings. The van der Waals surface area contributed by atoms with Gasteiger partial charge in [-0.25, -0.2) is 0 Å². The molecule has 1 aliphatic rings. The second kappa shape index (κ2) is 7.48. The van der Waals surface area contributed by atoms with Gasteiger partial charge in [-0.3, -0.25) is 4.90 Å². The molecule has 1 aliphatic heterocycles. The van der Waals surface area contributed by atoms with Crippen molar-refractivity contribution in [2.24, 2.45) is 0 Å². The molecular formula is C14H22N2O2. The average Bonchev–Trinajstić information content (AvgIpc) is 2.45. The Kier molecular flexibility index (Phi) is 5.61. The van der Waals surface area contributed by atoms with Crippen LogP contribution in [0.5, 0.6) is 0 Å². The predicted molar refractivity (Wildman–Crippen MR) is 71.5 cm³/mol. The van der Waals surface area contributed by atoms with E-state index in [9.17, 15) is 0 Å². The molecule has 1 saturated heterocycles. The van der Waals surface area contributed by atoms with Gasteiger partial charge < -0.3 is 15.2 Å². The van der Waals surface area contributed by atoms with Crippen molar-refractivity contribution in [3.05, 3.63) is 35.9 Å². The Hall–Kier alpha value is -0.940. The van der Waals surface area contributed by atoms with Crippen LogP contribution in [0.1, 0.15) is 11.6 Å². The van der Waals surface area contributed by atoms with Crippen LogP contribution in [0.3, 0.4) is 0 Å². The maximum Gasteiger partial charge on any atom is 0.0594 e. The molecule has 18 heavy (non-hydrogen) atoms. The Morgan fingerprint density at radius 1 is 1.22 bits per heavy atom. The molecule has 0 radical (unpaired) electrons. The summed E-state index contributed by atoms with van der Waals surface area (Å²) in [6.07, 6.45) is 0. The van der Waals surface area contributed by atoms with E-state index in [1.165, 1.54) is 5.56 Å². The van der Waals surface area contributed by atoms with Crippen molar-refractivity contribution in [3.8, 4) is 0 Å². The fraction of sp³-hybridized carbons (Fsp3) is 0.571. The van der Waals surface area contributed by atoms with Crippen molar-refractivity contribution in [1.82, 2.24) is 10.2 Å². The van der Waals surface area contributed by atoms with E-state index in [1.807, 2.05) is 6.07 Å². The number of aliphatic hydroxyl groups is 1. The topological polar surface area (TPSA) is 44.7 Å². The van der Waals surface area contributed by atoms with Crippen LogP contribution >= 0.6 is 0 Å². The van der Waals surface area contributed by atoms with Gasteiger partial charge in [0.15, 0.2) is 0 Å². The van der Waals surface area contributed by atoms with Crippen molar-refractivity contribution in [2.45, 2.75) is 6.04 Å². The van der Waals surface area contributed by atoms with Gasteiger partial charge in [-0.15, -0.1) is 0 Å². The molecule has 0 saturated carbocycles. The summed E-state index contributed by atoms with van der Waals surface area (Å²) in [4.78, 5) is 2.41. The fourth-order valence-corrected chi connectivity index (χ4v) is 2.25. The third kappa shape index (κ3) is 4.07. The molecule has 0 amide bonds. The number of morpholine rings is 1. The van der Waals surface area contributed by atoms with Crippen LogP contribution in [-0.2, 0) is 4.74 Å². The lowest BCUT2D eigenvalue weighted by Gasteiger charge is -2.31. The lowest BCUT2D eigenvalue weighted by Crippen LogP contribution is -2.42. The molecule has 100 valence electrons. The SMILES string of the molecule is OCCNC(CN1CCOCC1)c1ccccc1. The Morgan fingerprint density at radius 3 is 2.61 bits per heavy atom. The van der Waals surface area contributed by atoms with Gasteiger partial charge in [-0.2, -0.15) is 0 Å². The Balaban J connectivity index is 1.95. The predicted octanol–water partition coefficient (Wildman–Crippen LogP) is 0.642. The smallest absolute Gasteiger partial charge is 0.0594 e. The number of benzene rings is 1. The van der Waals surface area contributed by atoms with Crippen molar-refractivity contribution < 1.29 is 9.84 Å². The monoisotopic (exact) mass is 250 g/mol. The summed E-state index contributed by atoms with van der Waals surface area (Å²) in [6, 6.07) is 10.7. The molecule has 2 N–H and O–H groups in total. The molecule has 0 bridgehead atoms. The molecule has 4 heteroatoms. The first kappa shape index (κ1) is 13.5. The van der Waals surface area contributed by atoms with Gasteiger partial charge in [0.1, 0.15) is 0 Å². The van der Waals surface area contributed by atoms with E-state index >= 15 is 0 Å². The molecule has 0 aromatic heterocycles. The minimum absolute atomic E-state index is 0.173. The maximum atomic E-state index is 8.97. The highest BCUT2D eigenvalue weighted by Crippen LogP contribution is 2.14. The Bertz CT molecular complexity index is 326. The maximum absolute atomic E-state index is 8.97. The van der Waals surface area contributed by atoms with E-state index < -0.39 is 0 Å². The van der Waals surface area contributed by atoms with Crippen molar-refractivity contribution in [2.75, 3.05) is 46.0 Å². The first-order chi connectivity index (χ1) is 8.90. The van der Waals surface area contributed by atoms with Crippen LogP contribution in [0.4, 0.5) is 0 Å². The van der Waals surface area contributed by atoms with E-state index in [1.54, 1.807) is 0 Å². The van der Waals surface area contributed by atoms with Crippen molar-refractivity contribution >= 4 is 0 Å². The zero-order valence-electron chi connectivity index (χ0n) is 10.7. The second-order valence-electron chi connectivity index (χ2n) is 4.55. The number of hydrogen-bond acceptors (Lipinski definition) is 4. The summed E-state index contributed by atoms with van der Waals surface area (Å²) >= 11 is 0. The number of nitrogens with one attached hydrogen (secondary N) is 1. The lowest BCUT2D eigenvalue weighted by atomic mass is 10.1. The zero-order valence-corrected chi connectivity index (χ0v) is 10.7. The van der Waals surface area contributed by atoms with Crippen molar-refractivity contribution in [1.29, 1.82) is 0 Å². The van der Waals surface area contributed by atoms with Crippen LogP contribution in [0, 0.1) is 0 Å². The molecule has 4 nitrogen and oxygen atoms in total. The third-order valence-electron chi connectivity index (χ3n) is 3.25. The van der Waals surface area contributed by atoms with Gasteiger partial charge in [-0.05, 0) is 5.56 Å². The number of nitrogens with zero attached hydrogens (tertiary/aromatic N) is 1. The van der Waals surface area contributed by atoms with Gasteiger partial charge >= 0.3 is 0 Å². The standard InChI is InChI=1S/C14H22N2O2/c17-9-6-15-14(13-4-2-1-3-5-13)12-16-7-10-18-11-8-16/h1-5,14-15,17H,6-12H2. The second-order valence-corrected chi connectivity index (χ2v) is 4.55. The Labute approximate surface area is 109 Å². The summed E-state index contributed by atoms with van der Waals surface area (Å²) in [5.74, 6) is 0. The van der Waals surface area contributed by atoms with Crippen LogP contribution in [0.2, 0.25) is 0 Å². The number of rotatable bonds is 6. The highest BCUT2D eigenvalue weighted by molar-refractivity contribution is 5.19. The quantitative estimate of drug-likeness (QED) is 0.778. The lowest BCUT2D eigenvalue weighted by molar-refractivity contribution is 0.0332. The molecular weight excluding hydrogens is 228 g/mol. The normalized spacial score (nSPS) is 18.7. The summed E-state index contributed by atoms with van der Waals surface area (Å²) in [7, 11) is 0. The van der Waals surface area contributed by atoms with Gasteiger partial charge in [0.05, 0.1) is 19.8 Å². The molecule has 1 aromatic carbocycles. The number of aliphatic hydroxyl groups excluding tert-OH is 1. The fourth-order valence-electron chi connectivity index (χ4n) is 2.25. The summed E-state index contributed by atoms with van der Waals surface area (Å²) in [6.45, 7) is 5.39. The summed E-state index contributed by atoms with van der Waals surface area (Å²) < 4.78 is 5.37. The van der Waals surface area contributed by atoms with Crippen molar-refractivity contribution in [3.63, 3.8) is 0 Å². The highest BCUT2D eigenvalue weighted by atomic mass is 16.5. The molecule has 1 aromatic rings. The van der Waals surface area contributed by atoms with E-state index in [-0.39, 0.29) is 12.6 Å². The van der Waals surface area contributed by atoms with E-state index in [0.29, 0.717) is 6.54 Å². The number of hydrogen-bond donors (Lipinski definition) is 2. The molecule has 0 aliphatic carbocycles. The van der Waals surface area contributed by atoms with Crippen LogP contribution in [0.25, 0.3) is 0 Å². The number of ether oxygens (including phenoxy) is 1. The minimum atomic E-state index is 0.173. The van der Waals surface area contributed by atoms with Crippen LogP contribution < -0.4 is 5.32 Å². The molecule has 1 unspecified atom stereocenters. The first-order valence-corrected chi connectivity index (χ1v) is 6.59. The molecule has 1 heterocycles. The van der Waals surface area contributed by atoms with Gasteiger partial charge in [-0.1, -0.05) is 30.3 Å². The molecule has 0 spiro atoms. The first-order valence-electron chi connectivity index (χ1n) is 6.59. The van der Waals surface area contributed by atoms with E-state index in [0.717, 1.165) is 32.8 Å². The van der Waals surface area contributed by atoms with Gasteiger partial charge in [0.2, 0.25) is 0 Å². The molecule has 2 rings (SSSR count). The van der Waals surface area contributed by atoms with Gasteiger partial charge in [0.25, 0.3) is 0 Å². The zero-order chi connectivity index (χ0) is 12.6. The van der Waals surface area contributed by atoms with Gasteiger partial charge in [0, 0.05) is 32.2 Å². The minimum Gasteiger partial charge on any atom is -0.395 e. The van der Waals surface area contributed by atoms with E-state index in [2.05, 4.69) is 34.5 Å². The largest absolute Gasteiger partial charge is 0.395 e. The summed E-state index contributed by atoms with van der Waals surface area (Å²) in [5, 5.41) is 12.4. The summed E-state index contributed by atoms with van der Waals surface area (Å²) in [5.41, 5.74) is 1.28. The van der Waals surface area contributed by atoms with E-state index in [4.69, 9.17) is 9.84 Å². The Morgan fingerprint density at radius 2 is 1.94 bits per heavy atom. The average molecular weight is 250 g/mol. The van der Waals surface area contributed by atoms with Crippen LogP contribution in [-0.4, -0.2) is 56.0 Å². The highest BCUT2D eigenvalue weighted by Gasteiger charge is 2.17. The van der Waals surface area contributed by atoms with Crippen LogP contribution in [0.15, 0.2) is 30.3 Å². The molecule has 1 atom stereocenters.